The fourth-order valence-corrected chi connectivity index (χ4v) is 2.34. The number of ether oxygens (including phenoxy) is 2. The SMILES string of the molecule is [2H]C([2H])([2H])OC1COC(c2n[nH]c(C)c2[N+](=O)[O-])CCC1N=[N+]=[N-]. The van der Waals surface area contributed by atoms with Gasteiger partial charge in [0, 0.05) is 11.9 Å². The second-order valence-corrected chi connectivity index (χ2v) is 4.67. The van der Waals surface area contributed by atoms with Crippen molar-refractivity contribution in [2.45, 2.75) is 38.0 Å². The van der Waals surface area contributed by atoms with E-state index in [4.69, 9.17) is 19.1 Å². The average molecular weight is 299 g/mol. The zero-order valence-corrected chi connectivity index (χ0v) is 11.2. The summed E-state index contributed by atoms with van der Waals surface area (Å²) in [6.07, 6.45) is -1.18. The number of hydrogen-bond donors (Lipinski definition) is 1. The maximum Gasteiger partial charge on any atom is 0.315 e. The van der Waals surface area contributed by atoms with Crippen molar-refractivity contribution in [1.82, 2.24) is 10.2 Å². The van der Waals surface area contributed by atoms with Crippen molar-refractivity contribution in [3.8, 4) is 0 Å². The van der Waals surface area contributed by atoms with Gasteiger partial charge in [0.05, 0.1) is 27.8 Å². The summed E-state index contributed by atoms with van der Waals surface area (Å²) in [4.78, 5) is 13.3. The number of azide groups is 1. The lowest BCUT2D eigenvalue weighted by molar-refractivity contribution is -0.386. The summed E-state index contributed by atoms with van der Waals surface area (Å²) in [6, 6.07) is -0.750. The van der Waals surface area contributed by atoms with Gasteiger partial charge in [-0.25, -0.2) is 0 Å². The Kier molecular flexibility index (Phi) is 3.57. The first kappa shape index (κ1) is 11.5. The summed E-state index contributed by atoms with van der Waals surface area (Å²) >= 11 is 0. The zero-order chi connectivity index (χ0) is 17.9. The van der Waals surface area contributed by atoms with Crippen LogP contribution in [0.3, 0.4) is 0 Å². The summed E-state index contributed by atoms with van der Waals surface area (Å²) in [5, 5.41) is 21.2. The summed E-state index contributed by atoms with van der Waals surface area (Å²) in [5.74, 6) is 0. The van der Waals surface area contributed by atoms with Gasteiger partial charge in [0.15, 0.2) is 5.69 Å². The van der Waals surface area contributed by atoms with Gasteiger partial charge >= 0.3 is 5.69 Å². The third-order valence-electron chi connectivity index (χ3n) is 3.40. The first-order chi connectivity index (χ1) is 11.2. The molecule has 1 saturated heterocycles. The minimum Gasteiger partial charge on any atom is -0.379 e. The Morgan fingerprint density at radius 3 is 3.19 bits per heavy atom. The van der Waals surface area contributed by atoms with Crippen molar-refractivity contribution < 1.29 is 18.5 Å². The highest BCUT2D eigenvalue weighted by Gasteiger charge is 2.34. The van der Waals surface area contributed by atoms with Gasteiger partial charge in [-0.2, -0.15) is 5.10 Å². The lowest BCUT2D eigenvalue weighted by atomic mass is 10.0. The molecule has 1 aromatic heterocycles. The molecule has 0 aromatic carbocycles. The first-order valence-corrected chi connectivity index (χ1v) is 6.26. The van der Waals surface area contributed by atoms with Crippen LogP contribution in [0.2, 0.25) is 0 Å². The fraction of sp³-hybridized carbons (Fsp3) is 0.727. The van der Waals surface area contributed by atoms with Crippen LogP contribution in [-0.2, 0) is 9.47 Å². The number of aryl methyl sites for hydroxylation is 1. The first-order valence-electron chi connectivity index (χ1n) is 7.76. The molecular weight excluding hydrogens is 280 g/mol. The van der Waals surface area contributed by atoms with E-state index in [0.717, 1.165) is 0 Å². The number of hydrogen-bond acceptors (Lipinski definition) is 6. The molecule has 0 saturated carbocycles. The molecule has 0 spiro atoms. The number of H-pyrrole nitrogens is 1. The van der Waals surface area contributed by atoms with E-state index >= 15 is 0 Å². The van der Waals surface area contributed by atoms with E-state index in [1.165, 1.54) is 6.92 Å². The molecule has 1 aromatic rings. The molecule has 0 amide bonds. The normalized spacial score (nSPS) is 28.6. The van der Waals surface area contributed by atoms with Gasteiger partial charge in [0.2, 0.25) is 0 Å². The van der Waals surface area contributed by atoms with Crippen molar-refractivity contribution in [3.63, 3.8) is 0 Å². The number of methoxy groups -OCH3 is 1. The highest BCUT2D eigenvalue weighted by atomic mass is 16.6. The van der Waals surface area contributed by atoms with Gasteiger partial charge < -0.3 is 9.47 Å². The predicted octanol–water partition coefficient (Wildman–Crippen LogP) is 2.17. The molecule has 0 radical (unpaired) electrons. The standard InChI is InChI=1S/C11H16N6O4/c1-6-11(17(18)19)10(15-13-6)8-4-3-7(14-16-12)9(20-2)5-21-8/h7-9H,3-5H2,1-2H3,(H,13,15)/i2D3. The number of nitrogens with one attached hydrogen (secondary N) is 1. The molecule has 1 aliphatic heterocycles. The molecule has 114 valence electrons. The minimum atomic E-state index is -2.67. The average Bonchev–Trinajstić information content (AvgIpc) is 2.75. The van der Waals surface area contributed by atoms with Crippen LogP contribution in [0.4, 0.5) is 5.69 Å². The maximum absolute atomic E-state index is 11.2. The minimum absolute atomic E-state index is 0.131. The molecule has 1 aliphatic rings. The Morgan fingerprint density at radius 2 is 2.52 bits per heavy atom. The Morgan fingerprint density at radius 1 is 1.71 bits per heavy atom. The van der Waals surface area contributed by atoms with E-state index in [9.17, 15) is 10.1 Å². The van der Waals surface area contributed by atoms with Crippen LogP contribution in [0.1, 0.15) is 34.4 Å². The van der Waals surface area contributed by atoms with Crippen LogP contribution in [0.25, 0.3) is 10.4 Å². The van der Waals surface area contributed by atoms with E-state index < -0.39 is 30.2 Å². The molecular formula is C11H16N6O4. The summed E-state index contributed by atoms with van der Waals surface area (Å²) in [5.41, 5.74) is 8.90. The molecule has 3 atom stereocenters. The van der Waals surface area contributed by atoms with E-state index in [2.05, 4.69) is 20.2 Å². The zero-order valence-electron chi connectivity index (χ0n) is 14.2. The van der Waals surface area contributed by atoms with Gasteiger partial charge in [-0.1, -0.05) is 5.11 Å². The molecule has 0 aliphatic carbocycles. The van der Waals surface area contributed by atoms with Crippen LogP contribution in [0.15, 0.2) is 5.11 Å². The molecule has 3 unspecified atom stereocenters. The van der Waals surface area contributed by atoms with Gasteiger partial charge in [-0.05, 0) is 25.3 Å². The summed E-state index contributed by atoms with van der Waals surface area (Å²) in [7, 11) is -2.67. The van der Waals surface area contributed by atoms with Crippen molar-refractivity contribution in [2.75, 3.05) is 13.6 Å². The van der Waals surface area contributed by atoms with Crippen molar-refractivity contribution >= 4 is 5.69 Å². The second kappa shape index (κ2) is 6.53. The van der Waals surface area contributed by atoms with Crippen molar-refractivity contribution in [3.05, 3.63) is 31.9 Å². The molecule has 10 heteroatoms. The molecule has 10 nitrogen and oxygen atoms in total. The molecule has 0 bridgehead atoms. The number of aromatic nitrogens is 2. The number of aromatic amines is 1. The van der Waals surface area contributed by atoms with Crippen LogP contribution < -0.4 is 0 Å². The van der Waals surface area contributed by atoms with E-state index in [1.54, 1.807) is 0 Å². The van der Waals surface area contributed by atoms with Gasteiger partial charge in [-0.3, -0.25) is 15.2 Å². The van der Waals surface area contributed by atoms with Crippen LogP contribution in [0.5, 0.6) is 0 Å². The molecule has 1 fully saturated rings. The second-order valence-electron chi connectivity index (χ2n) is 4.67. The maximum atomic E-state index is 11.2. The topological polar surface area (TPSA) is 139 Å². The number of nitro groups is 1. The monoisotopic (exact) mass is 299 g/mol. The van der Waals surface area contributed by atoms with Gasteiger partial charge in [0.25, 0.3) is 0 Å². The smallest absolute Gasteiger partial charge is 0.315 e. The van der Waals surface area contributed by atoms with Gasteiger partial charge in [-0.15, -0.1) is 0 Å². The predicted molar refractivity (Wildman–Crippen MR) is 71.6 cm³/mol. The lowest BCUT2D eigenvalue weighted by Crippen LogP contribution is -2.28. The largest absolute Gasteiger partial charge is 0.379 e. The summed E-state index contributed by atoms with van der Waals surface area (Å²) < 4.78 is 32.1. The van der Waals surface area contributed by atoms with Crippen LogP contribution >= 0.6 is 0 Å². The fourth-order valence-electron chi connectivity index (χ4n) is 2.34. The van der Waals surface area contributed by atoms with E-state index in [0.29, 0.717) is 5.69 Å². The Balaban J connectivity index is 2.23. The van der Waals surface area contributed by atoms with E-state index in [1.807, 2.05) is 0 Å². The van der Waals surface area contributed by atoms with Crippen molar-refractivity contribution in [2.24, 2.45) is 5.11 Å². The lowest BCUT2D eigenvalue weighted by Gasteiger charge is -2.18. The molecule has 2 rings (SSSR count). The Bertz CT molecular complexity index is 657. The number of rotatable bonds is 4. The quantitative estimate of drug-likeness (QED) is 0.298. The molecule has 21 heavy (non-hydrogen) atoms. The highest BCUT2D eigenvalue weighted by Crippen LogP contribution is 2.34. The van der Waals surface area contributed by atoms with Crippen LogP contribution in [-0.4, -0.2) is 40.9 Å². The molecule has 2 heterocycles. The Hall–Kier alpha value is -2.16. The number of nitrogens with zero attached hydrogens (tertiary/aromatic N) is 5. The van der Waals surface area contributed by atoms with Gasteiger partial charge in [0.1, 0.15) is 11.8 Å². The summed E-state index contributed by atoms with van der Waals surface area (Å²) in [6.45, 7) is 1.34. The Labute approximate surface area is 124 Å². The highest BCUT2D eigenvalue weighted by molar-refractivity contribution is 5.41. The molecule has 1 N–H and O–H groups in total. The van der Waals surface area contributed by atoms with Crippen LogP contribution in [0, 0.1) is 17.0 Å². The van der Waals surface area contributed by atoms with E-state index in [-0.39, 0.29) is 30.8 Å². The third-order valence-corrected chi connectivity index (χ3v) is 3.40. The third kappa shape index (κ3) is 3.13. The van der Waals surface area contributed by atoms with Crippen molar-refractivity contribution in [1.29, 1.82) is 0 Å².